The Morgan fingerprint density at radius 3 is 2.77 bits per heavy atom. The number of nitrogens with one attached hydrogen (secondary N) is 1. The average Bonchev–Trinajstić information content (AvgIpc) is 3.11. The van der Waals surface area contributed by atoms with E-state index >= 15 is 0 Å². The van der Waals surface area contributed by atoms with Gasteiger partial charge in [0.1, 0.15) is 0 Å². The first-order chi connectivity index (χ1) is 12.4. The largest absolute Gasteiger partial charge is 0.318 e. The molecule has 1 aromatic carbocycles. The van der Waals surface area contributed by atoms with Gasteiger partial charge in [-0.25, -0.2) is 5.43 Å². The standard InChI is InChI=1S/C19H22ClN3OS2/c1-13-9-15(14(2)23(13)17-6-4-5-16(20)10-17)12-21-22-18(24)11-19(3)25-7-8-26-19/h4-6,9-10,12H,7-8,11H2,1-3H3,(H,22,24)/b21-12-. The summed E-state index contributed by atoms with van der Waals surface area (Å²) in [5, 5.41) is 4.86. The summed E-state index contributed by atoms with van der Waals surface area (Å²) >= 11 is 9.81. The summed E-state index contributed by atoms with van der Waals surface area (Å²) in [6.45, 7) is 6.19. The van der Waals surface area contributed by atoms with Crippen LogP contribution in [0.5, 0.6) is 0 Å². The van der Waals surface area contributed by atoms with Crippen LogP contribution in [-0.2, 0) is 4.79 Å². The van der Waals surface area contributed by atoms with Gasteiger partial charge in [0.25, 0.3) is 0 Å². The number of thioether (sulfide) groups is 2. The molecule has 3 rings (SSSR count). The average molecular weight is 408 g/mol. The third kappa shape index (κ3) is 4.48. The normalized spacial score (nSPS) is 16.3. The lowest BCUT2D eigenvalue weighted by atomic mass is 10.2. The minimum Gasteiger partial charge on any atom is -0.318 e. The third-order valence-corrected chi connectivity index (χ3v) is 7.84. The van der Waals surface area contributed by atoms with Gasteiger partial charge in [-0.15, -0.1) is 23.5 Å². The quantitative estimate of drug-likeness (QED) is 0.572. The van der Waals surface area contributed by atoms with Crippen LogP contribution in [0.4, 0.5) is 0 Å². The number of aryl methyl sites for hydroxylation is 1. The molecule has 1 N–H and O–H groups in total. The maximum absolute atomic E-state index is 12.1. The van der Waals surface area contributed by atoms with E-state index in [0.717, 1.165) is 34.1 Å². The maximum atomic E-state index is 12.1. The molecule has 1 fully saturated rings. The van der Waals surface area contributed by atoms with Crippen molar-refractivity contribution in [1.82, 2.24) is 9.99 Å². The highest BCUT2D eigenvalue weighted by molar-refractivity contribution is 8.21. The van der Waals surface area contributed by atoms with Crippen LogP contribution in [0.25, 0.3) is 5.69 Å². The highest BCUT2D eigenvalue weighted by Gasteiger charge is 2.32. The Labute approximate surface area is 167 Å². The Kier molecular flexibility index (Phi) is 6.05. The second-order valence-corrected chi connectivity index (χ2v) is 10.3. The monoisotopic (exact) mass is 407 g/mol. The Balaban J connectivity index is 1.69. The third-order valence-electron chi connectivity index (χ3n) is 4.31. The van der Waals surface area contributed by atoms with E-state index in [-0.39, 0.29) is 9.99 Å². The van der Waals surface area contributed by atoms with Crippen molar-refractivity contribution in [1.29, 1.82) is 0 Å². The Hall–Kier alpha value is -1.37. The molecule has 0 saturated carbocycles. The summed E-state index contributed by atoms with van der Waals surface area (Å²) in [6, 6.07) is 9.80. The molecule has 1 aliphatic rings. The molecule has 1 saturated heterocycles. The van der Waals surface area contributed by atoms with Crippen molar-refractivity contribution in [3.8, 4) is 5.69 Å². The highest BCUT2D eigenvalue weighted by atomic mass is 35.5. The lowest BCUT2D eigenvalue weighted by Gasteiger charge is -2.19. The minimum absolute atomic E-state index is 0.0258. The van der Waals surface area contributed by atoms with Crippen LogP contribution in [0.15, 0.2) is 35.4 Å². The number of hydrogen-bond donors (Lipinski definition) is 1. The number of rotatable bonds is 5. The fourth-order valence-electron chi connectivity index (χ4n) is 3.09. The van der Waals surface area contributed by atoms with E-state index < -0.39 is 0 Å². The molecule has 138 valence electrons. The molecular formula is C19H22ClN3OS2. The number of carbonyl (C=O) groups is 1. The molecule has 0 spiro atoms. The second-order valence-electron chi connectivity index (χ2n) is 6.44. The van der Waals surface area contributed by atoms with Crippen LogP contribution < -0.4 is 5.43 Å². The smallest absolute Gasteiger partial charge is 0.242 e. The van der Waals surface area contributed by atoms with Gasteiger partial charge in [-0.3, -0.25) is 4.79 Å². The SMILES string of the molecule is Cc1cc(/C=N\NC(=O)CC2(C)SCCS2)c(C)n1-c1cccc(Cl)c1. The van der Waals surface area contributed by atoms with Crippen LogP contribution in [0.3, 0.4) is 0 Å². The number of hydrogen-bond acceptors (Lipinski definition) is 4. The predicted molar refractivity (Wildman–Crippen MR) is 114 cm³/mol. The molecule has 1 aliphatic heterocycles. The summed E-state index contributed by atoms with van der Waals surface area (Å²) in [5.41, 5.74) is 6.79. The van der Waals surface area contributed by atoms with Crippen LogP contribution in [0.1, 0.15) is 30.3 Å². The zero-order valence-corrected chi connectivity index (χ0v) is 17.5. The molecule has 0 bridgehead atoms. The van der Waals surface area contributed by atoms with Gasteiger partial charge in [-0.2, -0.15) is 5.10 Å². The molecule has 1 amide bonds. The first-order valence-electron chi connectivity index (χ1n) is 8.43. The molecule has 4 nitrogen and oxygen atoms in total. The summed E-state index contributed by atoms with van der Waals surface area (Å²) in [6.07, 6.45) is 2.18. The molecule has 0 radical (unpaired) electrons. The van der Waals surface area contributed by atoms with Crippen LogP contribution in [-0.4, -0.2) is 32.3 Å². The van der Waals surface area contributed by atoms with Crippen molar-refractivity contribution in [2.24, 2.45) is 5.10 Å². The summed E-state index contributed by atoms with van der Waals surface area (Å²) in [7, 11) is 0. The van der Waals surface area contributed by atoms with E-state index in [1.165, 1.54) is 0 Å². The molecule has 1 aromatic heterocycles. The fourth-order valence-corrected chi connectivity index (χ4v) is 6.11. The summed E-state index contributed by atoms with van der Waals surface area (Å²) < 4.78 is 2.10. The van der Waals surface area contributed by atoms with E-state index in [9.17, 15) is 4.79 Å². The van der Waals surface area contributed by atoms with Crippen molar-refractivity contribution in [3.63, 3.8) is 0 Å². The van der Waals surface area contributed by atoms with Crippen molar-refractivity contribution in [2.75, 3.05) is 11.5 Å². The lowest BCUT2D eigenvalue weighted by molar-refractivity contribution is -0.121. The maximum Gasteiger partial charge on any atom is 0.242 e. The van der Waals surface area contributed by atoms with E-state index in [0.29, 0.717) is 11.4 Å². The molecule has 0 unspecified atom stereocenters. The van der Waals surface area contributed by atoms with E-state index in [1.807, 2.05) is 61.6 Å². The number of nitrogens with zero attached hydrogens (tertiary/aromatic N) is 2. The molecular weight excluding hydrogens is 386 g/mol. The molecule has 0 aliphatic carbocycles. The van der Waals surface area contributed by atoms with Crippen molar-refractivity contribution in [3.05, 3.63) is 52.3 Å². The van der Waals surface area contributed by atoms with Gasteiger partial charge >= 0.3 is 0 Å². The summed E-state index contributed by atoms with van der Waals surface area (Å²) in [4.78, 5) is 12.1. The zero-order chi connectivity index (χ0) is 18.7. The summed E-state index contributed by atoms with van der Waals surface area (Å²) in [5.74, 6) is 2.16. The number of halogens is 1. The van der Waals surface area contributed by atoms with E-state index in [4.69, 9.17) is 11.6 Å². The Bertz CT molecular complexity index is 841. The highest BCUT2D eigenvalue weighted by Crippen LogP contribution is 2.45. The molecule has 7 heteroatoms. The lowest BCUT2D eigenvalue weighted by Crippen LogP contribution is -2.26. The Morgan fingerprint density at radius 2 is 2.08 bits per heavy atom. The van der Waals surface area contributed by atoms with E-state index in [1.54, 1.807) is 6.21 Å². The van der Waals surface area contributed by atoms with Gasteiger partial charge < -0.3 is 4.57 Å². The van der Waals surface area contributed by atoms with Crippen LogP contribution >= 0.6 is 35.1 Å². The van der Waals surface area contributed by atoms with Gasteiger partial charge in [-0.05, 0) is 45.0 Å². The Morgan fingerprint density at radius 1 is 1.35 bits per heavy atom. The molecule has 0 atom stereocenters. The number of benzene rings is 1. The van der Waals surface area contributed by atoms with Gasteiger partial charge in [0.05, 0.1) is 16.7 Å². The first kappa shape index (κ1) is 19.4. The van der Waals surface area contributed by atoms with Crippen LogP contribution in [0, 0.1) is 13.8 Å². The van der Waals surface area contributed by atoms with Crippen molar-refractivity contribution < 1.29 is 4.79 Å². The van der Waals surface area contributed by atoms with Gasteiger partial charge in [0.15, 0.2) is 0 Å². The van der Waals surface area contributed by atoms with Crippen molar-refractivity contribution >= 4 is 47.2 Å². The van der Waals surface area contributed by atoms with Gasteiger partial charge in [0.2, 0.25) is 5.91 Å². The number of hydrazone groups is 1. The molecule has 2 aromatic rings. The predicted octanol–water partition coefficient (Wildman–Crippen LogP) is 4.78. The van der Waals surface area contributed by atoms with E-state index in [2.05, 4.69) is 28.1 Å². The zero-order valence-electron chi connectivity index (χ0n) is 15.1. The minimum atomic E-state index is -0.0469. The van der Waals surface area contributed by atoms with Crippen LogP contribution in [0.2, 0.25) is 5.02 Å². The topological polar surface area (TPSA) is 46.4 Å². The first-order valence-corrected chi connectivity index (χ1v) is 10.8. The number of amides is 1. The number of aromatic nitrogens is 1. The van der Waals surface area contributed by atoms with Crippen molar-refractivity contribution in [2.45, 2.75) is 31.3 Å². The van der Waals surface area contributed by atoms with Gasteiger partial charge in [-0.1, -0.05) is 17.7 Å². The van der Waals surface area contributed by atoms with Gasteiger partial charge in [0, 0.05) is 39.2 Å². The second kappa shape index (κ2) is 8.11. The molecule has 26 heavy (non-hydrogen) atoms. The molecule has 2 heterocycles. The fraction of sp³-hybridized carbons (Fsp3) is 0.368. The number of carbonyl (C=O) groups excluding carboxylic acids is 1.